The topological polar surface area (TPSA) is 28.5 Å². The van der Waals surface area contributed by atoms with Crippen molar-refractivity contribution in [2.24, 2.45) is 4.99 Å². The van der Waals surface area contributed by atoms with Crippen molar-refractivity contribution in [3.05, 3.63) is 30.1 Å². The summed E-state index contributed by atoms with van der Waals surface area (Å²) in [5, 5.41) is 1.89. The Kier molecular flexibility index (Phi) is 2.16. The normalized spacial score (nSPS) is 29.1. The second-order valence-electron chi connectivity index (χ2n) is 4.02. The van der Waals surface area contributed by atoms with Gasteiger partial charge in [0, 0.05) is 24.5 Å². The number of thioether (sulfide) groups is 1. The van der Waals surface area contributed by atoms with Gasteiger partial charge in [-0.15, -0.1) is 0 Å². The van der Waals surface area contributed by atoms with E-state index in [1.54, 1.807) is 0 Å². The fraction of sp³-hybridized carbons (Fsp3) is 0.455. The Bertz CT molecular complexity index is 390. The van der Waals surface area contributed by atoms with E-state index in [0.29, 0.717) is 5.25 Å². The quantitative estimate of drug-likeness (QED) is 0.722. The average molecular weight is 219 g/mol. The molecule has 1 fully saturated rings. The Morgan fingerprint density at radius 2 is 2.33 bits per heavy atom. The van der Waals surface area contributed by atoms with Gasteiger partial charge in [0.25, 0.3) is 0 Å². The summed E-state index contributed by atoms with van der Waals surface area (Å²) in [4.78, 5) is 11.4. The maximum absolute atomic E-state index is 4.71. The van der Waals surface area contributed by atoms with Crippen LogP contribution in [0.4, 0.5) is 0 Å². The van der Waals surface area contributed by atoms with Gasteiger partial charge in [0.05, 0.1) is 5.69 Å². The maximum atomic E-state index is 4.71. The summed E-state index contributed by atoms with van der Waals surface area (Å²) < 4.78 is 0. The van der Waals surface area contributed by atoms with E-state index >= 15 is 0 Å². The fourth-order valence-corrected chi connectivity index (χ4v) is 3.16. The Balaban J connectivity index is 1.83. The van der Waals surface area contributed by atoms with Gasteiger partial charge in [0.15, 0.2) is 5.17 Å². The second-order valence-corrected chi connectivity index (χ2v) is 5.42. The average Bonchev–Trinajstić information content (AvgIpc) is 2.76. The lowest BCUT2D eigenvalue weighted by molar-refractivity contribution is 0.442. The van der Waals surface area contributed by atoms with Gasteiger partial charge in [0.2, 0.25) is 0 Å². The van der Waals surface area contributed by atoms with E-state index in [1.807, 2.05) is 30.1 Å². The summed E-state index contributed by atoms with van der Waals surface area (Å²) in [5.41, 5.74) is 1.09. The summed E-state index contributed by atoms with van der Waals surface area (Å²) in [6, 6.07) is 6.29. The first-order valence-electron chi connectivity index (χ1n) is 5.23. The van der Waals surface area contributed by atoms with Gasteiger partial charge in [-0.2, -0.15) is 0 Å². The Morgan fingerprint density at radius 3 is 3.07 bits per heavy atom. The minimum Gasteiger partial charge on any atom is -0.348 e. The monoisotopic (exact) mass is 219 g/mol. The summed E-state index contributed by atoms with van der Waals surface area (Å²) in [7, 11) is 0. The lowest BCUT2D eigenvalue weighted by Gasteiger charge is -2.12. The third-order valence-electron chi connectivity index (χ3n) is 2.74. The molecule has 0 bridgehead atoms. The first kappa shape index (κ1) is 9.21. The van der Waals surface area contributed by atoms with E-state index in [1.165, 1.54) is 5.17 Å². The van der Waals surface area contributed by atoms with Gasteiger partial charge in [-0.3, -0.25) is 9.98 Å². The minimum atomic E-state index is 0.251. The third-order valence-corrected chi connectivity index (χ3v) is 3.87. The predicted octanol–water partition coefficient (Wildman–Crippen LogP) is 1.93. The van der Waals surface area contributed by atoms with E-state index in [4.69, 9.17) is 4.99 Å². The molecule has 1 saturated heterocycles. The molecule has 1 aromatic heterocycles. The summed E-state index contributed by atoms with van der Waals surface area (Å²) >= 11 is 1.88. The van der Waals surface area contributed by atoms with Crippen LogP contribution in [0.2, 0.25) is 0 Å². The molecule has 4 heteroatoms. The van der Waals surface area contributed by atoms with E-state index in [9.17, 15) is 0 Å². The Hall–Kier alpha value is -1.03. The largest absolute Gasteiger partial charge is 0.348 e. The summed E-state index contributed by atoms with van der Waals surface area (Å²) in [6.07, 6.45) is 1.84. The van der Waals surface area contributed by atoms with Crippen LogP contribution in [0.5, 0.6) is 0 Å². The molecule has 0 spiro atoms. The SMILES string of the molecule is C[C@H]1CN2C[C@@H](c3ccccn3)N=C2S1. The molecule has 78 valence electrons. The van der Waals surface area contributed by atoms with Crippen LogP contribution in [0.1, 0.15) is 18.7 Å². The molecule has 2 atom stereocenters. The van der Waals surface area contributed by atoms with Crippen LogP contribution in [0.3, 0.4) is 0 Å². The molecule has 0 unspecified atom stereocenters. The number of rotatable bonds is 1. The summed E-state index contributed by atoms with van der Waals surface area (Å²) in [5.74, 6) is 0. The zero-order valence-electron chi connectivity index (χ0n) is 8.63. The molecule has 3 rings (SSSR count). The van der Waals surface area contributed by atoms with Gasteiger partial charge in [-0.25, -0.2) is 0 Å². The first-order valence-corrected chi connectivity index (χ1v) is 6.11. The molecule has 0 amide bonds. The molecule has 0 radical (unpaired) electrons. The van der Waals surface area contributed by atoms with Crippen molar-refractivity contribution < 1.29 is 0 Å². The molecular formula is C11H13N3S. The van der Waals surface area contributed by atoms with Crippen LogP contribution >= 0.6 is 11.8 Å². The minimum absolute atomic E-state index is 0.251. The number of hydrogen-bond acceptors (Lipinski definition) is 4. The summed E-state index contributed by atoms with van der Waals surface area (Å²) in [6.45, 7) is 4.39. The van der Waals surface area contributed by atoms with Gasteiger partial charge < -0.3 is 4.90 Å². The van der Waals surface area contributed by atoms with Crippen molar-refractivity contribution in [2.75, 3.05) is 13.1 Å². The number of nitrogens with zero attached hydrogens (tertiary/aromatic N) is 3. The van der Waals surface area contributed by atoms with E-state index in [-0.39, 0.29) is 6.04 Å². The molecule has 1 aromatic rings. The smallest absolute Gasteiger partial charge is 0.160 e. The lowest BCUT2D eigenvalue weighted by atomic mass is 10.2. The van der Waals surface area contributed by atoms with Gasteiger partial charge in [0.1, 0.15) is 6.04 Å². The first-order chi connectivity index (χ1) is 7.33. The van der Waals surface area contributed by atoms with Gasteiger partial charge >= 0.3 is 0 Å². The van der Waals surface area contributed by atoms with Gasteiger partial charge in [-0.1, -0.05) is 24.8 Å². The van der Waals surface area contributed by atoms with Crippen LogP contribution in [0.25, 0.3) is 0 Å². The zero-order valence-corrected chi connectivity index (χ0v) is 9.44. The van der Waals surface area contributed by atoms with Crippen molar-refractivity contribution in [1.82, 2.24) is 9.88 Å². The molecular weight excluding hydrogens is 206 g/mol. The Labute approximate surface area is 93.6 Å². The molecule has 15 heavy (non-hydrogen) atoms. The van der Waals surface area contributed by atoms with E-state index < -0.39 is 0 Å². The molecule has 0 aromatic carbocycles. The molecule has 3 nitrogen and oxygen atoms in total. The van der Waals surface area contributed by atoms with Crippen LogP contribution < -0.4 is 0 Å². The molecule has 0 saturated carbocycles. The van der Waals surface area contributed by atoms with Crippen molar-refractivity contribution in [2.45, 2.75) is 18.2 Å². The number of aromatic nitrogens is 1. The van der Waals surface area contributed by atoms with Crippen molar-refractivity contribution >= 4 is 16.9 Å². The van der Waals surface area contributed by atoms with Crippen molar-refractivity contribution in [3.63, 3.8) is 0 Å². The predicted molar refractivity (Wildman–Crippen MR) is 63.0 cm³/mol. The standard InChI is InChI=1S/C11H13N3S/c1-8-6-14-7-10(13-11(14)15-8)9-4-2-3-5-12-9/h2-5,8,10H,6-7H2,1H3/t8-,10-/m0/s1. The number of fused-ring (bicyclic) bond motifs is 1. The van der Waals surface area contributed by atoms with E-state index in [2.05, 4.69) is 22.9 Å². The van der Waals surface area contributed by atoms with E-state index in [0.717, 1.165) is 18.8 Å². The zero-order chi connectivity index (χ0) is 10.3. The van der Waals surface area contributed by atoms with Crippen LogP contribution in [-0.2, 0) is 0 Å². The van der Waals surface area contributed by atoms with Gasteiger partial charge in [-0.05, 0) is 12.1 Å². The molecule has 2 aliphatic heterocycles. The highest BCUT2D eigenvalue weighted by molar-refractivity contribution is 8.14. The number of aliphatic imine (C=N–C) groups is 1. The highest BCUT2D eigenvalue weighted by atomic mass is 32.2. The number of hydrogen-bond donors (Lipinski definition) is 0. The van der Waals surface area contributed by atoms with Crippen LogP contribution in [-0.4, -0.2) is 33.4 Å². The molecule has 0 N–H and O–H groups in total. The lowest BCUT2D eigenvalue weighted by Crippen LogP contribution is -2.23. The van der Waals surface area contributed by atoms with Crippen LogP contribution in [0.15, 0.2) is 29.4 Å². The molecule has 2 aliphatic rings. The van der Waals surface area contributed by atoms with Crippen LogP contribution in [0, 0.1) is 0 Å². The second kappa shape index (κ2) is 3.52. The Morgan fingerprint density at radius 1 is 1.40 bits per heavy atom. The number of amidine groups is 1. The molecule has 3 heterocycles. The molecule has 0 aliphatic carbocycles. The highest BCUT2D eigenvalue weighted by Crippen LogP contribution is 2.34. The third kappa shape index (κ3) is 1.63. The number of pyridine rings is 1. The van der Waals surface area contributed by atoms with Crippen molar-refractivity contribution in [1.29, 1.82) is 0 Å². The maximum Gasteiger partial charge on any atom is 0.160 e. The fourth-order valence-electron chi connectivity index (χ4n) is 2.06. The highest BCUT2D eigenvalue weighted by Gasteiger charge is 2.34. The van der Waals surface area contributed by atoms with Crippen molar-refractivity contribution in [3.8, 4) is 0 Å².